The Morgan fingerprint density at radius 1 is 1.44 bits per heavy atom. The number of rotatable bonds is 5. The van der Waals surface area contributed by atoms with Crippen molar-refractivity contribution in [3.05, 3.63) is 22.5 Å². The monoisotopic (exact) mass is 236 g/mol. The van der Waals surface area contributed by atoms with Crippen LogP contribution in [-0.4, -0.2) is 26.2 Å². The number of nitrogens with zero attached hydrogens (tertiary/aromatic N) is 1. The Bertz CT molecular complexity index is 439. The molecule has 3 nitrogen and oxygen atoms in total. The first-order valence-electron chi connectivity index (χ1n) is 5.85. The molecule has 1 aliphatic heterocycles. The summed E-state index contributed by atoms with van der Waals surface area (Å²) < 4.78 is 5.68. The van der Waals surface area contributed by atoms with Gasteiger partial charge in [-0.15, -0.1) is 0 Å². The summed E-state index contributed by atoms with van der Waals surface area (Å²) in [5, 5.41) is 1.23. The van der Waals surface area contributed by atoms with Gasteiger partial charge in [-0.05, 0) is 12.1 Å². The van der Waals surface area contributed by atoms with Crippen LogP contribution in [0.3, 0.4) is 0 Å². The maximum Gasteiger partial charge on any atom is 0.132 e. The number of aromatic nitrogens is 1. The minimum atomic E-state index is -0.957. The lowest BCUT2D eigenvalue weighted by atomic mass is 10.4. The molecule has 1 aromatic heterocycles. The lowest BCUT2D eigenvalue weighted by molar-refractivity contribution is 0.130. The topological polar surface area (TPSA) is 37.4 Å². The number of aromatic amines is 1. The van der Waals surface area contributed by atoms with Crippen molar-refractivity contribution in [2.75, 3.05) is 13.2 Å². The van der Waals surface area contributed by atoms with Gasteiger partial charge in [-0.3, -0.25) is 4.99 Å². The highest BCUT2D eigenvalue weighted by Gasteiger charge is 2.12. The van der Waals surface area contributed by atoms with Crippen LogP contribution in [0.5, 0.6) is 0 Å². The average molecular weight is 236 g/mol. The summed E-state index contributed by atoms with van der Waals surface area (Å²) in [5.74, 6) is 0. The minimum Gasteiger partial charge on any atom is -0.376 e. The van der Waals surface area contributed by atoms with E-state index >= 15 is 0 Å². The summed E-state index contributed by atoms with van der Waals surface area (Å²) in [4.78, 5) is 7.61. The summed E-state index contributed by atoms with van der Waals surface area (Å²) in [6.45, 7) is 9.48. The fourth-order valence-electron chi connectivity index (χ4n) is 1.68. The molecular formula is C12H20N2OSi. The van der Waals surface area contributed by atoms with Crippen molar-refractivity contribution >= 4 is 14.1 Å². The van der Waals surface area contributed by atoms with Crippen molar-refractivity contribution in [3.63, 3.8) is 0 Å². The van der Waals surface area contributed by atoms with E-state index in [-0.39, 0.29) is 0 Å². The quantitative estimate of drug-likeness (QED) is 0.607. The van der Waals surface area contributed by atoms with Crippen LogP contribution in [0.4, 0.5) is 0 Å². The molecular weight excluding hydrogens is 216 g/mol. The van der Waals surface area contributed by atoms with Gasteiger partial charge in [0.05, 0.1) is 13.2 Å². The highest BCUT2D eigenvalue weighted by molar-refractivity contribution is 6.76. The maximum absolute atomic E-state index is 5.68. The third-order valence-corrected chi connectivity index (χ3v) is 4.40. The van der Waals surface area contributed by atoms with Crippen LogP contribution < -0.4 is 10.7 Å². The third-order valence-electron chi connectivity index (χ3n) is 2.70. The van der Waals surface area contributed by atoms with Gasteiger partial charge in [0.1, 0.15) is 5.49 Å². The molecule has 2 rings (SSSR count). The fourth-order valence-corrected chi connectivity index (χ4v) is 2.43. The second-order valence-corrected chi connectivity index (χ2v) is 11.1. The van der Waals surface area contributed by atoms with Crippen LogP contribution in [-0.2, 0) is 11.3 Å². The molecule has 0 aromatic carbocycles. The maximum atomic E-state index is 5.68. The van der Waals surface area contributed by atoms with E-state index in [1.807, 2.05) is 0 Å². The molecule has 0 aliphatic carbocycles. The molecule has 0 fully saturated rings. The smallest absolute Gasteiger partial charge is 0.132 e. The first-order valence-corrected chi connectivity index (χ1v) is 9.56. The van der Waals surface area contributed by atoms with Gasteiger partial charge >= 0.3 is 0 Å². The van der Waals surface area contributed by atoms with E-state index < -0.39 is 8.07 Å². The van der Waals surface area contributed by atoms with Crippen molar-refractivity contribution in [2.24, 2.45) is 4.99 Å². The van der Waals surface area contributed by atoms with E-state index in [0.717, 1.165) is 24.3 Å². The van der Waals surface area contributed by atoms with Crippen molar-refractivity contribution < 1.29 is 4.74 Å². The summed E-state index contributed by atoms with van der Waals surface area (Å²) in [5.41, 5.74) is 2.16. The molecule has 0 amide bonds. The Hall–Kier alpha value is -0.873. The molecule has 0 unspecified atom stereocenters. The summed E-state index contributed by atoms with van der Waals surface area (Å²) in [6, 6.07) is 3.37. The standard InChI is InChI=1S/C12H20N2OSi/c1-16(2,3)7-6-15-9-11-8-10-4-5-13-12(10)14-11/h4,8H,5-7,9H2,1-3H3,(H,13,14). The zero-order chi connectivity index (χ0) is 11.6. The second kappa shape index (κ2) is 4.55. The Morgan fingerprint density at radius 3 is 2.94 bits per heavy atom. The fraction of sp³-hybridized carbons (Fsp3) is 0.583. The van der Waals surface area contributed by atoms with Gasteiger partial charge < -0.3 is 9.72 Å². The van der Waals surface area contributed by atoms with Crippen molar-refractivity contribution in [1.29, 1.82) is 0 Å². The van der Waals surface area contributed by atoms with Crippen molar-refractivity contribution in [3.8, 4) is 0 Å². The minimum absolute atomic E-state index is 0.681. The van der Waals surface area contributed by atoms with Gasteiger partial charge in [-0.2, -0.15) is 0 Å². The summed E-state index contributed by atoms with van der Waals surface area (Å²) in [6.07, 6.45) is 2.14. The molecule has 0 bridgehead atoms. The summed E-state index contributed by atoms with van der Waals surface area (Å²) in [7, 11) is -0.957. The molecule has 4 heteroatoms. The van der Waals surface area contributed by atoms with Crippen LogP contribution in [0.2, 0.25) is 25.7 Å². The molecule has 0 saturated carbocycles. The van der Waals surface area contributed by atoms with Gasteiger partial charge in [-0.25, -0.2) is 0 Å². The zero-order valence-electron chi connectivity index (χ0n) is 10.3. The first kappa shape index (κ1) is 11.6. The lowest BCUT2D eigenvalue weighted by Gasteiger charge is -2.14. The zero-order valence-corrected chi connectivity index (χ0v) is 11.3. The Kier molecular flexibility index (Phi) is 3.30. The van der Waals surface area contributed by atoms with Crippen LogP contribution >= 0.6 is 0 Å². The molecule has 0 spiro atoms. The normalized spacial score (nSPS) is 14.4. The highest BCUT2D eigenvalue weighted by Crippen LogP contribution is 2.08. The van der Waals surface area contributed by atoms with Crippen LogP contribution in [0.25, 0.3) is 6.08 Å². The predicted octanol–water partition coefficient (Wildman–Crippen LogP) is 1.28. The first-order chi connectivity index (χ1) is 7.54. The molecule has 1 N–H and O–H groups in total. The Labute approximate surface area is 97.3 Å². The molecule has 0 radical (unpaired) electrons. The van der Waals surface area contributed by atoms with Crippen LogP contribution in [0.1, 0.15) is 5.69 Å². The van der Waals surface area contributed by atoms with Gasteiger partial charge in [-0.1, -0.05) is 25.7 Å². The van der Waals surface area contributed by atoms with E-state index in [1.54, 1.807) is 0 Å². The van der Waals surface area contributed by atoms with E-state index in [4.69, 9.17) is 4.74 Å². The largest absolute Gasteiger partial charge is 0.376 e. The van der Waals surface area contributed by atoms with Gasteiger partial charge in [0, 0.05) is 25.6 Å². The van der Waals surface area contributed by atoms with E-state index in [0.29, 0.717) is 6.61 Å². The van der Waals surface area contributed by atoms with E-state index in [1.165, 1.54) is 11.3 Å². The van der Waals surface area contributed by atoms with Crippen molar-refractivity contribution in [1.82, 2.24) is 4.98 Å². The lowest BCUT2D eigenvalue weighted by Crippen LogP contribution is -2.21. The second-order valence-electron chi connectivity index (χ2n) is 5.51. The highest BCUT2D eigenvalue weighted by atomic mass is 28.3. The SMILES string of the molecule is C[Si](C)(C)CCOCc1cc2c([nH]1)=NCC=2. The molecule has 1 aromatic rings. The Morgan fingerprint density at radius 2 is 2.25 bits per heavy atom. The summed E-state index contributed by atoms with van der Waals surface area (Å²) >= 11 is 0. The van der Waals surface area contributed by atoms with E-state index in [9.17, 15) is 0 Å². The molecule has 16 heavy (non-hydrogen) atoms. The number of ether oxygens (including phenoxy) is 1. The van der Waals surface area contributed by atoms with E-state index in [2.05, 4.69) is 41.8 Å². The number of fused-ring (bicyclic) bond motifs is 1. The predicted molar refractivity (Wildman–Crippen MR) is 68.7 cm³/mol. The van der Waals surface area contributed by atoms with Crippen molar-refractivity contribution in [2.45, 2.75) is 32.3 Å². The molecule has 0 atom stereocenters. The molecule has 88 valence electrons. The van der Waals surface area contributed by atoms with Gasteiger partial charge in [0.2, 0.25) is 0 Å². The number of nitrogens with one attached hydrogen (secondary N) is 1. The van der Waals surface area contributed by atoms with Crippen LogP contribution in [0, 0.1) is 0 Å². The Balaban J connectivity index is 1.81. The number of hydrogen-bond donors (Lipinski definition) is 1. The van der Waals surface area contributed by atoms with Gasteiger partial charge in [0.25, 0.3) is 0 Å². The van der Waals surface area contributed by atoms with Gasteiger partial charge in [0.15, 0.2) is 0 Å². The third kappa shape index (κ3) is 3.06. The van der Waals surface area contributed by atoms with Crippen LogP contribution in [0.15, 0.2) is 11.1 Å². The molecule has 0 saturated heterocycles. The molecule has 2 heterocycles. The molecule has 1 aliphatic rings. The number of hydrogen-bond acceptors (Lipinski definition) is 2. The average Bonchev–Trinajstić information content (AvgIpc) is 2.70. The number of H-pyrrole nitrogens is 1.